The third-order valence-corrected chi connectivity index (χ3v) is 4.76. The van der Waals surface area contributed by atoms with Crippen LogP contribution in [0.1, 0.15) is 32.6 Å². The maximum Gasteiger partial charge on any atom is 0.261 e. The normalized spacial score (nSPS) is 25.6. The van der Waals surface area contributed by atoms with Gasteiger partial charge in [-0.15, -0.1) is 0 Å². The van der Waals surface area contributed by atoms with Gasteiger partial charge < -0.3 is 4.84 Å². The van der Waals surface area contributed by atoms with Crippen molar-refractivity contribution in [3.8, 4) is 0 Å². The molecule has 0 radical (unpaired) electrons. The molecule has 0 bridgehead atoms. The fraction of sp³-hybridized carbons (Fsp3) is 0.412. The number of nitrogens with zero attached hydrogens (tertiary/aromatic N) is 2. The van der Waals surface area contributed by atoms with E-state index in [-0.39, 0.29) is 28.6 Å². The summed E-state index contributed by atoms with van der Waals surface area (Å²) in [4.78, 5) is 42.2. The molecule has 2 amide bonds. The van der Waals surface area contributed by atoms with Crippen LogP contribution in [-0.2, 0) is 19.2 Å². The summed E-state index contributed by atoms with van der Waals surface area (Å²) in [5.74, 6) is -1.07. The second kappa shape index (κ2) is 6.92. The Hall–Kier alpha value is -2.28. The van der Waals surface area contributed by atoms with Gasteiger partial charge in [0.15, 0.2) is 12.5 Å². The first kappa shape index (κ1) is 17.5. The molecule has 132 valence electrons. The predicted octanol–water partition coefficient (Wildman–Crippen LogP) is 2.55. The van der Waals surface area contributed by atoms with Gasteiger partial charge in [0.1, 0.15) is 12.3 Å². The van der Waals surface area contributed by atoms with Gasteiger partial charge in [-0.3, -0.25) is 14.4 Å². The van der Waals surface area contributed by atoms with E-state index in [1.54, 1.807) is 6.92 Å². The van der Waals surface area contributed by atoms with Crippen LogP contribution in [0.5, 0.6) is 0 Å². The van der Waals surface area contributed by atoms with Crippen LogP contribution in [-0.4, -0.2) is 41.5 Å². The highest BCUT2D eigenvalue weighted by molar-refractivity contribution is 6.46. The molecule has 0 saturated heterocycles. The van der Waals surface area contributed by atoms with Crippen LogP contribution < -0.4 is 0 Å². The number of halogens is 2. The van der Waals surface area contributed by atoms with E-state index in [4.69, 9.17) is 16.4 Å². The second-order valence-corrected chi connectivity index (χ2v) is 6.20. The zero-order valence-corrected chi connectivity index (χ0v) is 14.3. The van der Waals surface area contributed by atoms with Crippen molar-refractivity contribution >= 4 is 35.4 Å². The van der Waals surface area contributed by atoms with Crippen molar-refractivity contribution in [1.29, 1.82) is 0 Å². The molecule has 2 aliphatic carbocycles. The van der Waals surface area contributed by atoms with Gasteiger partial charge in [0.25, 0.3) is 11.8 Å². The molecule has 25 heavy (non-hydrogen) atoms. The van der Waals surface area contributed by atoms with Crippen LogP contribution >= 0.6 is 11.6 Å². The topological polar surface area (TPSA) is 76.0 Å². The molecule has 1 aliphatic heterocycles. The first-order chi connectivity index (χ1) is 12.0. The van der Waals surface area contributed by atoms with Gasteiger partial charge in [-0.1, -0.05) is 16.8 Å². The molecule has 0 saturated carbocycles. The van der Waals surface area contributed by atoms with Crippen LogP contribution in [0.15, 0.2) is 38.7 Å². The molecule has 0 aromatic heterocycles. The number of amides is 2. The standard InChI is InChI=1S/C17H16ClFN2O4/c1-2-25-20-15-13(18)9(8-22)7-12(14(15)19)21-16(23)10-5-3-4-6-11(10)17(21)24/h7-8,14H,2-6H2,1H3. The van der Waals surface area contributed by atoms with Crippen LogP contribution in [0.25, 0.3) is 0 Å². The number of oxime groups is 1. The molecular formula is C17H16ClFN2O4. The quantitative estimate of drug-likeness (QED) is 0.435. The summed E-state index contributed by atoms with van der Waals surface area (Å²) in [5.41, 5.74) is 0.222. The minimum absolute atomic E-state index is 0.0607. The van der Waals surface area contributed by atoms with Crippen LogP contribution in [0, 0.1) is 0 Å². The first-order valence-corrected chi connectivity index (χ1v) is 8.40. The van der Waals surface area contributed by atoms with Gasteiger partial charge in [-0.05, 0) is 38.7 Å². The fourth-order valence-corrected chi connectivity index (χ4v) is 3.38. The number of rotatable bonds is 4. The summed E-state index contributed by atoms with van der Waals surface area (Å²) in [6, 6.07) is 0. The maximum absolute atomic E-state index is 15.0. The summed E-state index contributed by atoms with van der Waals surface area (Å²) < 4.78 is 15.0. The van der Waals surface area contributed by atoms with Crippen molar-refractivity contribution in [2.75, 3.05) is 6.61 Å². The van der Waals surface area contributed by atoms with E-state index >= 15 is 0 Å². The number of carbonyl (C=O) groups is 3. The minimum Gasteiger partial charge on any atom is -0.396 e. The smallest absolute Gasteiger partial charge is 0.261 e. The third kappa shape index (κ3) is 2.82. The van der Waals surface area contributed by atoms with E-state index < -0.39 is 18.0 Å². The van der Waals surface area contributed by atoms with E-state index in [1.165, 1.54) is 0 Å². The molecule has 3 rings (SSSR count). The average Bonchev–Trinajstić information content (AvgIpc) is 2.87. The Bertz CT molecular complexity index is 754. The Morgan fingerprint density at radius 2 is 1.92 bits per heavy atom. The van der Waals surface area contributed by atoms with Crippen molar-refractivity contribution < 1.29 is 23.6 Å². The number of imide groups is 1. The van der Waals surface area contributed by atoms with Crippen molar-refractivity contribution in [2.45, 2.75) is 38.8 Å². The molecule has 0 aromatic carbocycles. The lowest BCUT2D eigenvalue weighted by Crippen LogP contribution is -2.39. The molecular weight excluding hydrogens is 351 g/mol. The number of hydrogen-bond acceptors (Lipinski definition) is 5. The monoisotopic (exact) mass is 366 g/mol. The predicted molar refractivity (Wildman–Crippen MR) is 88.3 cm³/mol. The Kier molecular flexibility index (Phi) is 4.85. The molecule has 0 fully saturated rings. The number of carbonyl (C=O) groups excluding carboxylic acids is 3. The molecule has 6 nitrogen and oxygen atoms in total. The van der Waals surface area contributed by atoms with Crippen molar-refractivity contribution in [2.24, 2.45) is 5.16 Å². The fourth-order valence-electron chi connectivity index (χ4n) is 3.15. The summed E-state index contributed by atoms with van der Waals surface area (Å²) in [7, 11) is 0. The summed E-state index contributed by atoms with van der Waals surface area (Å²) in [6.45, 7) is 1.83. The lowest BCUT2D eigenvalue weighted by Gasteiger charge is -2.26. The Balaban J connectivity index is 2.03. The highest BCUT2D eigenvalue weighted by atomic mass is 35.5. The van der Waals surface area contributed by atoms with E-state index in [2.05, 4.69) is 5.16 Å². The summed E-state index contributed by atoms with van der Waals surface area (Å²) in [5, 5.41) is 3.42. The zero-order chi connectivity index (χ0) is 18.1. The minimum atomic E-state index is -1.95. The van der Waals surface area contributed by atoms with Gasteiger partial charge in [0.05, 0.1) is 10.7 Å². The zero-order valence-electron chi connectivity index (χ0n) is 13.6. The molecule has 0 N–H and O–H groups in total. The van der Waals surface area contributed by atoms with Crippen LogP contribution in [0.4, 0.5) is 4.39 Å². The number of aldehydes is 1. The van der Waals surface area contributed by atoms with Gasteiger partial charge in [0, 0.05) is 16.7 Å². The number of alkyl halides is 1. The van der Waals surface area contributed by atoms with Crippen molar-refractivity contribution in [1.82, 2.24) is 4.90 Å². The maximum atomic E-state index is 15.0. The van der Waals surface area contributed by atoms with Crippen molar-refractivity contribution in [3.63, 3.8) is 0 Å². The van der Waals surface area contributed by atoms with Gasteiger partial charge in [0.2, 0.25) is 0 Å². The lowest BCUT2D eigenvalue weighted by atomic mass is 9.93. The highest BCUT2D eigenvalue weighted by Gasteiger charge is 2.45. The number of allylic oxidation sites excluding steroid dienone is 4. The molecule has 0 aromatic rings. The molecule has 8 heteroatoms. The van der Waals surface area contributed by atoms with E-state index in [9.17, 15) is 18.8 Å². The summed E-state index contributed by atoms with van der Waals surface area (Å²) >= 11 is 6.00. The lowest BCUT2D eigenvalue weighted by molar-refractivity contribution is -0.135. The van der Waals surface area contributed by atoms with Crippen LogP contribution in [0.3, 0.4) is 0 Å². The van der Waals surface area contributed by atoms with E-state index in [1.807, 2.05) is 0 Å². The SMILES string of the molecule is CCON=C1C(Cl)=C(C=O)C=C(N2C(=O)C3=C(CCCC3)C2=O)C1F. The van der Waals surface area contributed by atoms with E-state index in [0.29, 0.717) is 30.3 Å². The Morgan fingerprint density at radius 1 is 1.32 bits per heavy atom. The second-order valence-electron chi connectivity index (χ2n) is 5.82. The molecule has 1 atom stereocenters. The molecule has 1 unspecified atom stereocenters. The van der Waals surface area contributed by atoms with E-state index in [0.717, 1.165) is 23.8 Å². The van der Waals surface area contributed by atoms with Gasteiger partial charge >= 0.3 is 0 Å². The largest absolute Gasteiger partial charge is 0.396 e. The highest BCUT2D eigenvalue weighted by Crippen LogP contribution is 2.38. The molecule has 0 spiro atoms. The van der Waals surface area contributed by atoms with Crippen LogP contribution in [0.2, 0.25) is 0 Å². The van der Waals surface area contributed by atoms with Gasteiger partial charge in [-0.2, -0.15) is 0 Å². The van der Waals surface area contributed by atoms with Crippen molar-refractivity contribution in [3.05, 3.63) is 33.5 Å². The molecule has 3 aliphatic rings. The third-order valence-electron chi connectivity index (χ3n) is 4.35. The van der Waals surface area contributed by atoms with Gasteiger partial charge in [-0.25, -0.2) is 9.29 Å². The number of hydrogen-bond donors (Lipinski definition) is 0. The first-order valence-electron chi connectivity index (χ1n) is 8.02. The average molecular weight is 367 g/mol. The Morgan fingerprint density at radius 3 is 2.44 bits per heavy atom. The summed E-state index contributed by atoms with van der Waals surface area (Å²) in [6.07, 6.45) is 2.22. The molecule has 1 heterocycles. The Labute approximate surface area is 148 Å².